The van der Waals surface area contributed by atoms with E-state index in [1.54, 1.807) is 4.90 Å². The summed E-state index contributed by atoms with van der Waals surface area (Å²) < 4.78 is 5.12. The van der Waals surface area contributed by atoms with Gasteiger partial charge in [-0.15, -0.1) is 0 Å². The number of hydrogen-bond acceptors (Lipinski definition) is 4. The van der Waals surface area contributed by atoms with Crippen molar-refractivity contribution in [2.75, 3.05) is 13.1 Å². The molecule has 1 aromatic carbocycles. The fraction of sp³-hybridized carbons (Fsp3) is 0.421. The summed E-state index contributed by atoms with van der Waals surface area (Å²) in [4.78, 5) is 25.9. The summed E-state index contributed by atoms with van der Waals surface area (Å²) in [5.41, 5.74) is 2.73. The van der Waals surface area contributed by atoms with Gasteiger partial charge in [-0.3, -0.25) is 9.59 Å². The lowest BCUT2D eigenvalue weighted by molar-refractivity contribution is -0.141. The van der Waals surface area contributed by atoms with Crippen LogP contribution in [0.25, 0.3) is 0 Å². The van der Waals surface area contributed by atoms with Crippen molar-refractivity contribution in [1.29, 1.82) is 0 Å². The monoisotopic (exact) mass is 342 g/mol. The van der Waals surface area contributed by atoms with Gasteiger partial charge in [0.25, 0.3) is 0 Å². The molecule has 0 bridgehead atoms. The van der Waals surface area contributed by atoms with Crippen LogP contribution >= 0.6 is 0 Å². The third-order valence-electron chi connectivity index (χ3n) is 4.99. The standard InChI is InChI=1S/C19H22N2O4/c1-12-15(13(2)25-20-12)8-9-18(22)21-10-16(17(11-21)19(23)24)14-6-4-3-5-7-14/h3-7,16-17H,8-11H2,1-2H3,(H,23,24)/t16-,17+/m0/s1. The van der Waals surface area contributed by atoms with Gasteiger partial charge in [-0.1, -0.05) is 35.5 Å². The molecule has 1 aliphatic heterocycles. The second-order valence-corrected chi connectivity index (χ2v) is 6.56. The first-order chi connectivity index (χ1) is 12.0. The first kappa shape index (κ1) is 17.2. The van der Waals surface area contributed by atoms with Gasteiger partial charge in [0.2, 0.25) is 5.91 Å². The topological polar surface area (TPSA) is 83.6 Å². The molecule has 0 radical (unpaired) electrons. The highest BCUT2D eigenvalue weighted by molar-refractivity contribution is 5.80. The molecular formula is C19H22N2O4. The molecule has 1 saturated heterocycles. The van der Waals surface area contributed by atoms with Gasteiger partial charge in [0.05, 0.1) is 11.6 Å². The molecule has 0 unspecified atom stereocenters. The van der Waals surface area contributed by atoms with Gasteiger partial charge in [-0.2, -0.15) is 0 Å². The Kier molecular flexibility index (Phi) is 4.88. The average Bonchev–Trinajstić information content (AvgIpc) is 3.18. The van der Waals surface area contributed by atoms with E-state index in [0.29, 0.717) is 19.4 Å². The van der Waals surface area contributed by atoms with Crippen LogP contribution in [0.5, 0.6) is 0 Å². The summed E-state index contributed by atoms with van der Waals surface area (Å²) in [7, 11) is 0. The van der Waals surface area contributed by atoms with Gasteiger partial charge in [0.1, 0.15) is 5.76 Å². The van der Waals surface area contributed by atoms with Crippen LogP contribution in [0.15, 0.2) is 34.9 Å². The van der Waals surface area contributed by atoms with Crippen LogP contribution in [-0.4, -0.2) is 40.1 Å². The van der Waals surface area contributed by atoms with Crippen LogP contribution in [0.1, 0.15) is 34.9 Å². The Bertz CT molecular complexity index is 749. The maximum absolute atomic E-state index is 12.6. The molecule has 1 amide bonds. The molecule has 6 nitrogen and oxygen atoms in total. The second-order valence-electron chi connectivity index (χ2n) is 6.56. The van der Waals surface area contributed by atoms with Crippen LogP contribution in [0.4, 0.5) is 0 Å². The molecule has 0 spiro atoms. The van der Waals surface area contributed by atoms with Crippen LogP contribution in [-0.2, 0) is 16.0 Å². The number of aliphatic carboxylic acids is 1. The van der Waals surface area contributed by atoms with Crippen LogP contribution < -0.4 is 0 Å². The quantitative estimate of drug-likeness (QED) is 0.903. The molecule has 2 atom stereocenters. The molecule has 1 aromatic heterocycles. The normalized spacial score (nSPS) is 20.0. The lowest BCUT2D eigenvalue weighted by Crippen LogP contribution is -2.30. The van der Waals surface area contributed by atoms with E-state index in [9.17, 15) is 14.7 Å². The zero-order valence-electron chi connectivity index (χ0n) is 14.4. The maximum atomic E-state index is 12.6. The molecule has 0 saturated carbocycles. The van der Waals surface area contributed by atoms with Crippen molar-refractivity contribution in [3.8, 4) is 0 Å². The van der Waals surface area contributed by atoms with Crippen LogP contribution in [0.3, 0.4) is 0 Å². The van der Waals surface area contributed by atoms with E-state index in [2.05, 4.69) is 5.16 Å². The Morgan fingerprint density at radius 2 is 1.96 bits per heavy atom. The highest BCUT2D eigenvalue weighted by atomic mass is 16.5. The highest BCUT2D eigenvalue weighted by Gasteiger charge is 2.40. The number of rotatable bonds is 5. The van der Waals surface area contributed by atoms with Crippen molar-refractivity contribution in [2.24, 2.45) is 5.92 Å². The van der Waals surface area contributed by atoms with Crippen molar-refractivity contribution in [1.82, 2.24) is 10.1 Å². The SMILES string of the molecule is Cc1noc(C)c1CCC(=O)N1C[C@@H](C(=O)O)[C@H](c2ccccc2)C1. The minimum absolute atomic E-state index is 0.0234. The lowest BCUT2D eigenvalue weighted by Gasteiger charge is -2.16. The predicted octanol–water partition coefficient (Wildman–Crippen LogP) is 2.55. The van der Waals surface area contributed by atoms with Crippen molar-refractivity contribution >= 4 is 11.9 Å². The molecule has 2 aromatic rings. The fourth-order valence-corrected chi connectivity index (χ4v) is 3.54. The van der Waals surface area contributed by atoms with Gasteiger partial charge in [-0.05, 0) is 25.8 Å². The molecule has 2 heterocycles. The van der Waals surface area contributed by atoms with Crippen molar-refractivity contribution in [2.45, 2.75) is 32.6 Å². The predicted molar refractivity (Wildman–Crippen MR) is 91.2 cm³/mol. The molecule has 3 rings (SSSR count). The number of carboxylic acids is 1. The van der Waals surface area contributed by atoms with E-state index in [4.69, 9.17) is 4.52 Å². The third-order valence-corrected chi connectivity index (χ3v) is 4.99. The first-order valence-corrected chi connectivity index (χ1v) is 8.44. The van der Waals surface area contributed by atoms with Gasteiger partial charge in [0, 0.05) is 31.0 Å². The Morgan fingerprint density at radius 3 is 2.56 bits per heavy atom. The molecule has 0 aliphatic carbocycles. The summed E-state index contributed by atoms with van der Waals surface area (Å²) in [6.45, 7) is 4.40. The molecule has 1 N–H and O–H groups in total. The minimum Gasteiger partial charge on any atom is -0.481 e. The number of hydrogen-bond donors (Lipinski definition) is 1. The van der Waals surface area contributed by atoms with E-state index >= 15 is 0 Å². The number of benzene rings is 1. The van der Waals surface area contributed by atoms with E-state index in [-0.39, 0.29) is 18.4 Å². The molecule has 25 heavy (non-hydrogen) atoms. The summed E-state index contributed by atoms with van der Waals surface area (Å²) in [5.74, 6) is -0.871. The zero-order chi connectivity index (χ0) is 18.0. The number of nitrogens with zero attached hydrogens (tertiary/aromatic N) is 2. The molecule has 6 heteroatoms. The molecule has 132 valence electrons. The average molecular weight is 342 g/mol. The first-order valence-electron chi connectivity index (χ1n) is 8.44. The Hall–Kier alpha value is -2.63. The van der Waals surface area contributed by atoms with E-state index < -0.39 is 11.9 Å². The van der Waals surface area contributed by atoms with Crippen LogP contribution in [0, 0.1) is 19.8 Å². The third kappa shape index (κ3) is 3.57. The van der Waals surface area contributed by atoms with Crippen molar-refractivity contribution in [3.05, 3.63) is 52.9 Å². The Balaban J connectivity index is 1.68. The Morgan fingerprint density at radius 1 is 1.24 bits per heavy atom. The summed E-state index contributed by atoms with van der Waals surface area (Å²) in [5, 5.41) is 13.4. The Labute approximate surface area is 146 Å². The fourth-order valence-electron chi connectivity index (χ4n) is 3.54. The number of carbonyl (C=O) groups excluding carboxylic acids is 1. The number of aromatic nitrogens is 1. The van der Waals surface area contributed by atoms with Crippen molar-refractivity contribution < 1.29 is 19.2 Å². The number of carbonyl (C=O) groups is 2. The lowest BCUT2D eigenvalue weighted by atomic mass is 9.89. The molecule has 1 aliphatic rings. The van der Waals surface area contributed by atoms with Gasteiger partial charge >= 0.3 is 5.97 Å². The number of likely N-dealkylation sites (tertiary alicyclic amines) is 1. The second kappa shape index (κ2) is 7.09. The smallest absolute Gasteiger partial charge is 0.308 e. The molecular weight excluding hydrogens is 320 g/mol. The van der Waals surface area contributed by atoms with Gasteiger partial charge in [0.15, 0.2) is 0 Å². The minimum atomic E-state index is -0.852. The van der Waals surface area contributed by atoms with Crippen LogP contribution in [0.2, 0.25) is 0 Å². The summed E-state index contributed by atoms with van der Waals surface area (Å²) in [6, 6.07) is 9.56. The summed E-state index contributed by atoms with van der Waals surface area (Å²) in [6.07, 6.45) is 0.890. The zero-order valence-corrected chi connectivity index (χ0v) is 14.4. The number of aryl methyl sites for hydroxylation is 2. The van der Waals surface area contributed by atoms with Gasteiger partial charge < -0.3 is 14.5 Å². The number of carboxylic acid groups (broad SMARTS) is 1. The largest absolute Gasteiger partial charge is 0.481 e. The van der Waals surface area contributed by atoms with E-state index in [1.807, 2.05) is 44.2 Å². The van der Waals surface area contributed by atoms with E-state index in [1.165, 1.54) is 0 Å². The maximum Gasteiger partial charge on any atom is 0.308 e. The summed E-state index contributed by atoms with van der Waals surface area (Å²) >= 11 is 0. The number of amides is 1. The molecule has 1 fully saturated rings. The van der Waals surface area contributed by atoms with Gasteiger partial charge in [-0.25, -0.2) is 0 Å². The van der Waals surface area contributed by atoms with Crippen molar-refractivity contribution in [3.63, 3.8) is 0 Å². The highest BCUT2D eigenvalue weighted by Crippen LogP contribution is 2.33. The van der Waals surface area contributed by atoms with E-state index in [0.717, 1.165) is 22.6 Å².